The summed E-state index contributed by atoms with van der Waals surface area (Å²) in [6.45, 7) is 4.19. The van der Waals surface area contributed by atoms with Crippen molar-refractivity contribution in [2.24, 2.45) is 5.73 Å². The normalized spacial score (nSPS) is 26.9. The van der Waals surface area contributed by atoms with Crippen molar-refractivity contribution in [3.63, 3.8) is 0 Å². The van der Waals surface area contributed by atoms with E-state index in [1.54, 1.807) is 0 Å². The monoisotopic (exact) mass is 338 g/mol. The van der Waals surface area contributed by atoms with Gasteiger partial charge in [-0.05, 0) is 49.4 Å². The molecule has 2 aliphatic rings. The Kier molecular flexibility index (Phi) is 4.34. The molecule has 1 aromatic carbocycles. The summed E-state index contributed by atoms with van der Waals surface area (Å²) in [6, 6.07) is 6.82. The highest BCUT2D eigenvalue weighted by atomic mass is 79.9. The average molecular weight is 339 g/mol. The van der Waals surface area contributed by atoms with Gasteiger partial charge in [0.1, 0.15) is 0 Å². The summed E-state index contributed by atoms with van der Waals surface area (Å²) in [5.74, 6) is 0. The van der Waals surface area contributed by atoms with Gasteiger partial charge >= 0.3 is 0 Å². The second-order valence-electron chi connectivity index (χ2n) is 6.01. The van der Waals surface area contributed by atoms with Gasteiger partial charge in [0, 0.05) is 29.3 Å². The Hall–Kier alpha value is -0.580. The fraction of sp³-hybridized carbons (Fsp3) is 0.625. The van der Waals surface area contributed by atoms with Gasteiger partial charge in [0.25, 0.3) is 0 Å². The van der Waals surface area contributed by atoms with Crippen LogP contribution >= 0.6 is 15.9 Å². The molecule has 20 heavy (non-hydrogen) atoms. The van der Waals surface area contributed by atoms with Crippen LogP contribution in [-0.2, 0) is 11.2 Å². The average Bonchev–Trinajstić information content (AvgIpc) is 2.77. The first-order valence-electron chi connectivity index (χ1n) is 7.60. The molecule has 3 rings (SSSR count). The third kappa shape index (κ3) is 3.02. The third-order valence-corrected chi connectivity index (χ3v) is 4.93. The van der Waals surface area contributed by atoms with E-state index in [0.29, 0.717) is 12.2 Å². The van der Waals surface area contributed by atoms with Crippen LogP contribution in [0, 0.1) is 0 Å². The zero-order valence-corrected chi connectivity index (χ0v) is 13.6. The summed E-state index contributed by atoms with van der Waals surface area (Å²) in [5, 5.41) is 0. The molecule has 0 aromatic heterocycles. The molecule has 3 nitrogen and oxygen atoms in total. The maximum Gasteiger partial charge on any atom is 0.0755 e. The predicted molar refractivity (Wildman–Crippen MR) is 86.2 cm³/mol. The van der Waals surface area contributed by atoms with Crippen molar-refractivity contribution in [3.05, 3.63) is 28.2 Å². The van der Waals surface area contributed by atoms with E-state index in [1.165, 1.54) is 24.1 Å². The summed E-state index contributed by atoms with van der Waals surface area (Å²) in [6.07, 6.45) is 5.22. The Labute approximate surface area is 129 Å². The minimum absolute atomic E-state index is 0.237. The quantitative estimate of drug-likeness (QED) is 0.916. The lowest BCUT2D eigenvalue weighted by Gasteiger charge is -2.35. The van der Waals surface area contributed by atoms with E-state index in [9.17, 15) is 0 Å². The van der Waals surface area contributed by atoms with Crippen LogP contribution in [0.4, 0.5) is 5.69 Å². The molecule has 2 N–H and O–H groups in total. The summed E-state index contributed by atoms with van der Waals surface area (Å²) in [5.41, 5.74) is 8.86. The minimum atomic E-state index is 0.237. The molecule has 3 unspecified atom stereocenters. The Morgan fingerprint density at radius 2 is 2.05 bits per heavy atom. The number of morpholine rings is 1. The number of hydrogen-bond donors (Lipinski definition) is 1. The standard InChI is InChI=1S/C16H23BrN2O/c1-2-13(18)8-11-7-12(17)3-6-16(11)19-9-14-4-5-15(10-19)20-14/h3,6-7,13-15H,2,4-5,8-10,18H2,1H3. The first kappa shape index (κ1) is 14.4. The number of benzene rings is 1. The predicted octanol–water partition coefficient (Wildman–Crippen LogP) is 3.10. The zero-order valence-electron chi connectivity index (χ0n) is 12.0. The molecule has 1 aromatic rings. The van der Waals surface area contributed by atoms with E-state index >= 15 is 0 Å². The van der Waals surface area contributed by atoms with Crippen molar-refractivity contribution in [2.75, 3.05) is 18.0 Å². The molecule has 2 saturated heterocycles. The van der Waals surface area contributed by atoms with Crippen molar-refractivity contribution in [1.29, 1.82) is 0 Å². The maximum atomic E-state index is 6.16. The number of nitrogens with two attached hydrogens (primary N) is 1. The molecule has 0 saturated carbocycles. The van der Waals surface area contributed by atoms with Crippen molar-refractivity contribution >= 4 is 21.6 Å². The minimum Gasteiger partial charge on any atom is -0.371 e. The van der Waals surface area contributed by atoms with Gasteiger partial charge in [-0.2, -0.15) is 0 Å². The molecule has 110 valence electrons. The first-order valence-corrected chi connectivity index (χ1v) is 8.39. The Balaban J connectivity index is 1.84. The maximum absolute atomic E-state index is 6.16. The largest absolute Gasteiger partial charge is 0.371 e. The topological polar surface area (TPSA) is 38.5 Å². The molecule has 2 heterocycles. The molecule has 2 aliphatic heterocycles. The number of nitrogens with zero attached hydrogens (tertiary/aromatic N) is 1. The van der Waals surface area contributed by atoms with E-state index in [4.69, 9.17) is 10.5 Å². The van der Waals surface area contributed by atoms with Gasteiger partial charge < -0.3 is 15.4 Å². The molecule has 0 aliphatic carbocycles. The van der Waals surface area contributed by atoms with Crippen LogP contribution in [0.25, 0.3) is 0 Å². The van der Waals surface area contributed by atoms with Gasteiger partial charge in [-0.1, -0.05) is 22.9 Å². The van der Waals surface area contributed by atoms with Gasteiger partial charge in [0.2, 0.25) is 0 Å². The fourth-order valence-corrected chi connectivity index (χ4v) is 3.67. The molecule has 0 radical (unpaired) electrons. The van der Waals surface area contributed by atoms with Crippen LogP contribution in [0.2, 0.25) is 0 Å². The third-order valence-electron chi connectivity index (χ3n) is 4.43. The van der Waals surface area contributed by atoms with Crippen molar-refractivity contribution in [3.8, 4) is 0 Å². The highest BCUT2D eigenvalue weighted by Crippen LogP contribution is 2.33. The van der Waals surface area contributed by atoms with Crippen LogP contribution in [0.3, 0.4) is 0 Å². The van der Waals surface area contributed by atoms with Gasteiger partial charge in [-0.3, -0.25) is 0 Å². The molecule has 2 fully saturated rings. The molecular formula is C16H23BrN2O. The van der Waals surface area contributed by atoms with Crippen molar-refractivity contribution in [2.45, 2.75) is 50.9 Å². The Bertz CT molecular complexity index is 468. The number of anilines is 1. The highest BCUT2D eigenvalue weighted by Gasteiger charge is 2.34. The van der Waals surface area contributed by atoms with Crippen LogP contribution < -0.4 is 10.6 Å². The Morgan fingerprint density at radius 1 is 1.35 bits per heavy atom. The summed E-state index contributed by atoms with van der Waals surface area (Å²) < 4.78 is 7.07. The van der Waals surface area contributed by atoms with Crippen LogP contribution in [0.1, 0.15) is 31.7 Å². The number of ether oxygens (including phenoxy) is 1. The number of rotatable bonds is 4. The highest BCUT2D eigenvalue weighted by molar-refractivity contribution is 9.10. The number of halogens is 1. The number of fused-ring (bicyclic) bond motifs is 2. The first-order chi connectivity index (χ1) is 9.65. The van der Waals surface area contributed by atoms with Crippen LogP contribution in [0.15, 0.2) is 22.7 Å². The second-order valence-corrected chi connectivity index (χ2v) is 6.92. The van der Waals surface area contributed by atoms with Gasteiger partial charge in [0.15, 0.2) is 0 Å². The van der Waals surface area contributed by atoms with Gasteiger partial charge in [-0.25, -0.2) is 0 Å². The Morgan fingerprint density at radius 3 is 2.70 bits per heavy atom. The number of hydrogen-bond acceptors (Lipinski definition) is 3. The SMILES string of the molecule is CCC(N)Cc1cc(Br)ccc1N1CC2CCC(C1)O2. The lowest BCUT2D eigenvalue weighted by molar-refractivity contribution is 0.0304. The second kappa shape index (κ2) is 6.04. The van der Waals surface area contributed by atoms with Crippen molar-refractivity contribution < 1.29 is 4.74 Å². The van der Waals surface area contributed by atoms with E-state index in [2.05, 4.69) is 46.0 Å². The fourth-order valence-electron chi connectivity index (χ4n) is 3.26. The van der Waals surface area contributed by atoms with Gasteiger partial charge in [0.05, 0.1) is 12.2 Å². The molecular weight excluding hydrogens is 316 g/mol. The van der Waals surface area contributed by atoms with Crippen LogP contribution in [0.5, 0.6) is 0 Å². The summed E-state index contributed by atoms with van der Waals surface area (Å²) in [7, 11) is 0. The van der Waals surface area contributed by atoms with E-state index in [0.717, 1.165) is 30.4 Å². The van der Waals surface area contributed by atoms with E-state index < -0.39 is 0 Å². The van der Waals surface area contributed by atoms with Crippen LogP contribution in [-0.4, -0.2) is 31.3 Å². The van der Waals surface area contributed by atoms with Gasteiger partial charge in [-0.15, -0.1) is 0 Å². The lowest BCUT2D eigenvalue weighted by Crippen LogP contribution is -2.43. The van der Waals surface area contributed by atoms with E-state index in [1.807, 2.05) is 0 Å². The summed E-state index contributed by atoms with van der Waals surface area (Å²) in [4.78, 5) is 2.50. The molecule has 0 amide bonds. The summed E-state index contributed by atoms with van der Waals surface area (Å²) >= 11 is 3.58. The molecule has 4 heteroatoms. The molecule has 0 spiro atoms. The molecule has 3 atom stereocenters. The molecule has 2 bridgehead atoms. The zero-order chi connectivity index (χ0) is 14.1. The van der Waals surface area contributed by atoms with E-state index in [-0.39, 0.29) is 6.04 Å². The smallest absolute Gasteiger partial charge is 0.0755 e. The van der Waals surface area contributed by atoms with Crippen molar-refractivity contribution in [1.82, 2.24) is 0 Å². The lowest BCUT2D eigenvalue weighted by atomic mass is 10.0.